The summed E-state index contributed by atoms with van der Waals surface area (Å²) in [6.07, 6.45) is 3.65. The molecule has 0 atom stereocenters. The van der Waals surface area contributed by atoms with Gasteiger partial charge in [0.15, 0.2) is 0 Å². The Balaban J connectivity index is 2.64. The molecule has 0 saturated heterocycles. The maximum absolute atomic E-state index is 5.86. The van der Waals surface area contributed by atoms with Crippen molar-refractivity contribution in [1.29, 1.82) is 0 Å². The predicted octanol–water partition coefficient (Wildman–Crippen LogP) is 4.69. The van der Waals surface area contributed by atoms with E-state index in [-0.39, 0.29) is 0 Å². The second-order valence-electron chi connectivity index (χ2n) is 4.75. The zero-order valence-electron chi connectivity index (χ0n) is 11.0. The Bertz CT molecular complexity index is 315. The molecule has 0 aliphatic rings. The first kappa shape index (κ1) is 13.1. The van der Waals surface area contributed by atoms with E-state index >= 15 is 0 Å². The summed E-state index contributed by atoms with van der Waals surface area (Å²) in [6.45, 7) is 9.62. The maximum atomic E-state index is 5.86. The van der Waals surface area contributed by atoms with Crippen LogP contribution in [0, 0.1) is 6.92 Å². The van der Waals surface area contributed by atoms with Crippen LogP contribution in [0.1, 0.15) is 57.1 Å². The van der Waals surface area contributed by atoms with Crippen molar-refractivity contribution >= 4 is 0 Å². The predicted molar refractivity (Wildman–Crippen MR) is 70.3 cm³/mol. The molecular formula is C15H24O. The van der Waals surface area contributed by atoms with Crippen molar-refractivity contribution < 1.29 is 4.74 Å². The first-order chi connectivity index (χ1) is 7.65. The van der Waals surface area contributed by atoms with E-state index in [0.29, 0.717) is 5.92 Å². The molecular weight excluding hydrogens is 196 g/mol. The number of ether oxygens (including phenoxy) is 1. The van der Waals surface area contributed by atoms with Gasteiger partial charge in [-0.25, -0.2) is 0 Å². The fraction of sp³-hybridized carbons (Fsp3) is 0.600. The monoisotopic (exact) mass is 220 g/mol. The lowest BCUT2D eigenvalue weighted by molar-refractivity contribution is 0.302. The summed E-state index contributed by atoms with van der Waals surface area (Å²) in [7, 11) is 0. The van der Waals surface area contributed by atoms with E-state index in [1.807, 2.05) is 0 Å². The molecule has 0 spiro atoms. The van der Waals surface area contributed by atoms with Crippen molar-refractivity contribution in [3.8, 4) is 5.75 Å². The molecule has 1 aromatic rings. The van der Waals surface area contributed by atoms with E-state index in [2.05, 4.69) is 45.9 Å². The Labute approximate surface area is 99.8 Å². The molecule has 0 unspecified atom stereocenters. The van der Waals surface area contributed by atoms with Crippen molar-refractivity contribution in [2.45, 2.75) is 52.9 Å². The molecule has 0 aromatic heterocycles. The Morgan fingerprint density at radius 2 is 1.94 bits per heavy atom. The van der Waals surface area contributed by atoms with Gasteiger partial charge in [0.2, 0.25) is 0 Å². The first-order valence-electron chi connectivity index (χ1n) is 6.38. The molecule has 1 rings (SSSR count). The van der Waals surface area contributed by atoms with Crippen LogP contribution in [-0.4, -0.2) is 6.61 Å². The lowest BCUT2D eigenvalue weighted by atomic mass is 10.00. The van der Waals surface area contributed by atoms with E-state index < -0.39 is 0 Å². The van der Waals surface area contributed by atoms with Gasteiger partial charge in [-0.05, 0) is 30.9 Å². The van der Waals surface area contributed by atoms with Crippen LogP contribution in [0.5, 0.6) is 5.75 Å². The van der Waals surface area contributed by atoms with E-state index in [4.69, 9.17) is 4.74 Å². The second kappa shape index (κ2) is 6.57. The average molecular weight is 220 g/mol. The Morgan fingerprint density at radius 3 is 2.56 bits per heavy atom. The standard InChI is InChI=1S/C15H24O/c1-5-6-7-10-16-15-9-8-13(4)11-14(15)12(2)3/h8-9,11-12H,5-7,10H2,1-4H3. The quantitative estimate of drug-likeness (QED) is 0.632. The van der Waals surface area contributed by atoms with E-state index in [9.17, 15) is 0 Å². The SMILES string of the molecule is CCCCCOc1ccc(C)cc1C(C)C. The lowest BCUT2D eigenvalue weighted by Crippen LogP contribution is -2.01. The van der Waals surface area contributed by atoms with Crippen LogP contribution in [0.15, 0.2) is 18.2 Å². The van der Waals surface area contributed by atoms with E-state index in [1.54, 1.807) is 0 Å². The summed E-state index contributed by atoms with van der Waals surface area (Å²) in [5, 5.41) is 0. The van der Waals surface area contributed by atoms with Crippen molar-refractivity contribution in [2.75, 3.05) is 6.61 Å². The van der Waals surface area contributed by atoms with Crippen molar-refractivity contribution in [3.05, 3.63) is 29.3 Å². The third kappa shape index (κ3) is 3.88. The molecule has 0 saturated carbocycles. The zero-order chi connectivity index (χ0) is 12.0. The van der Waals surface area contributed by atoms with Gasteiger partial charge in [0.25, 0.3) is 0 Å². The summed E-state index contributed by atoms with van der Waals surface area (Å²) in [5.74, 6) is 1.60. The van der Waals surface area contributed by atoms with Crippen LogP contribution in [0.3, 0.4) is 0 Å². The van der Waals surface area contributed by atoms with E-state index in [1.165, 1.54) is 24.0 Å². The summed E-state index contributed by atoms with van der Waals surface area (Å²) >= 11 is 0. The molecule has 1 nitrogen and oxygen atoms in total. The number of rotatable bonds is 6. The summed E-state index contributed by atoms with van der Waals surface area (Å²) in [4.78, 5) is 0. The number of unbranched alkanes of at least 4 members (excludes halogenated alkanes) is 2. The van der Waals surface area contributed by atoms with Crippen molar-refractivity contribution in [1.82, 2.24) is 0 Å². The number of hydrogen-bond acceptors (Lipinski definition) is 1. The molecule has 0 bridgehead atoms. The van der Waals surface area contributed by atoms with E-state index in [0.717, 1.165) is 18.8 Å². The van der Waals surface area contributed by atoms with Crippen molar-refractivity contribution in [2.24, 2.45) is 0 Å². The largest absolute Gasteiger partial charge is 0.493 e. The smallest absolute Gasteiger partial charge is 0.122 e. The number of benzene rings is 1. The molecule has 0 heterocycles. The van der Waals surface area contributed by atoms with Gasteiger partial charge in [0, 0.05) is 0 Å². The molecule has 1 aromatic carbocycles. The highest BCUT2D eigenvalue weighted by atomic mass is 16.5. The normalized spacial score (nSPS) is 10.8. The minimum atomic E-state index is 0.529. The molecule has 0 radical (unpaired) electrons. The summed E-state index contributed by atoms with van der Waals surface area (Å²) in [5.41, 5.74) is 2.64. The molecule has 0 fully saturated rings. The maximum Gasteiger partial charge on any atom is 0.122 e. The number of hydrogen-bond donors (Lipinski definition) is 0. The van der Waals surface area contributed by atoms with Crippen molar-refractivity contribution in [3.63, 3.8) is 0 Å². The van der Waals surface area contributed by atoms with Gasteiger partial charge in [-0.3, -0.25) is 0 Å². The van der Waals surface area contributed by atoms with Crippen LogP contribution in [0.25, 0.3) is 0 Å². The lowest BCUT2D eigenvalue weighted by Gasteiger charge is -2.14. The number of aryl methyl sites for hydroxylation is 1. The molecule has 0 aliphatic heterocycles. The molecule has 0 aliphatic carbocycles. The first-order valence-corrected chi connectivity index (χ1v) is 6.38. The van der Waals surface area contributed by atoms with Gasteiger partial charge in [-0.15, -0.1) is 0 Å². The molecule has 16 heavy (non-hydrogen) atoms. The summed E-state index contributed by atoms with van der Waals surface area (Å²) in [6, 6.07) is 6.47. The fourth-order valence-electron chi connectivity index (χ4n) is 1.78. The Morgan fingerprint density at radius 1 is 1.19 bits per heavy atom. The second-order valence-corrected chi connectivity index (χ2v) is 4.75. The minimum absolute atomic E-state index is 0.529. The minimum Gasteiger partial charge on any atom is -0.493 e. The molecule has 0 N–H and O–H groups in total. The third-order valence-corrected chi connectivity index (χ3v) is 2.79. The van der Waals surface area contributed by atoms with Crippen LogP contribution in [-0.2, 0) is 0 Å². The van der Waals surface area contributed by atoms with Crippen LogP contribution in [0.2, 0.25) is 0 Å². The van der Waals surface area contributed by atoms with Crippen LogP contribution < -0.4 is 4.74 Å². The van der Waals surface area contributed by atoms with Crippen LogP contribution >= 0.6 is 0 Å². The third-order valence-electron chi connectivity index (χ3n) is 2.79. The average Bonchev–Trinajstić information content (AvgIpc) is 2.26. The fourth-order valence-corrected chi connectivity index (χ4v) is 1.78. The topological polar surface area (TPSA) is 9.23 Å². The molecule has 0 amide bonds. The highest BCUT2D eigenvalue weighted by Crippen LogP contribution is 2.27. The van der Waals surface area contributed by atoms with Gasteiger partial charge in [0.1, 0.15) is 5.75 Å². The Hall–Kier alpha value is -0.980. The van der Waals surface area contributed by atoms with Crippen LogP contribution in [0.4, 0.5) is 0 Å². The van der Waals surface area contributed by atoms with Gasteiger partial charge < -0.3 is 4.74 Å². The Kier molecular flexibility index (Phi) is 5.37. The van der Waals surface area contributed by atoms with Gasteiger partial charge in [-0.1, -0.05) is 51.3 Å². The highest BCUT2D eigenvalue weighted by Gasteiger charge is 2.07. The van der Waals surface area contributed by atoms with Gasteiger partial charge in [0.05, 0.1) is 6.61 Å². The van der Waals surface area contributed by atoms with Gasteiger partial charge >= 0.3 is 0 Å². The van der Waals surface area contributed by atoms with Gasteiger partial charge in [-0.2, -0.15) is 0 Å². The zero-order valence-corrected chi connectivity index (χ0v) is 11.0. The summed E-state index contributed by atoms with van der Waals surface area (Å²) < 4.78 is 5.86. The highest BCUT2D eigenvalue weighted by molar-refractivity contribution is 5.38. The molecule has 1 heteroatoms. The molecule has 90 valence electrons.